The minimum absolute atomic E-state index is 0. The Hall–Kier alpha value is 0.287. The van der Waals surface area contributed by atoms with Crippen molar-refractivity contribution in [2.75, 3.05) is 19.8 Å². The number of hydrogen-bond donors (Lipinski definition) is 0. The van der Waals surface area contributed by atoms with Gasteiger partial charge in [0.15, 0.2) is 0 Å². The van der Waals surface area contributed by atoms with Crippen molar-refractivity contribution in [3.63, 3.8) is 0 Å². The predicted molar refractivity (Wildman–Crippen MR) is 126 cm³/mol. The molecular formula is C23H44N2NiOSi2. The summed E-state index contributed by atoms with van der Waals surface area (Å²) >= 11 is 0. The molecule has 3 nitrogen and oxygen atoms in total. The molecule has 0 radical (unpaired) electrons. The summed E-state index contributed by atoms with van der Waals surface area (Å²) in [5, 5.41) is 0. The van der Waals surface area contributed by atoms with Gasteiger partial charge >= 0.3 is 16.5 Å². The van der Waals surface area contributed by atoms with E-state index in [1.54, 1.807) is 0 Å². The molecule has 1 saturated heterocycles. The van der Waals surface area contributed by atoms with Gasteiger partial charge in [0.1, 0.15) is 0 Å². The first kappa shape index (κ1) is 27.3. The molecule has 0 atom stereocenters. The van der Waals surface area contributed by atoms with Crippen LogP contribution in [0, 0.1) is 11.4 Å². The van der Waals surface area contributed by atoms with E-state index in [0.29, 0.717) is 0 Å². The first-order valence-electron chi connectivity index (χ1n) is 11.5. The minimum Gasteiger partial charge on any atom is -0.506 e. The van der Waals surface area contributed by atoms with Crippen LogP contribution in [-0.4, -0.2) is 58.3 Å². The van der Waals surface area contributed by atoms with E-state index in [1.807, 2.05) is 0 Å². The number of rotatable bonds is 6. The van der Waals surface area contributed by atoms with Gasteiger partial charge in [-0.3, -0.25) is 23.0 Å². The zero-order valence-corrected chi connectivity index (χ0v) is 22.4. The molecule has 0 spiro atoms. The molecule has 29 heavy (non-hydrogen) atoms. The van der Waals surface area contributed by atoms with E-state index in [1.165, 1.54) is 84.0 Å². The Morgan fingerprint density at radius 3 is 1.34 bits per heavy atom. The molecule has 2 aliphatic carbocycles. The largest absolute Gasteiger partial charge is 2.00 e. The van der Waals surface area contributed by atoms with Gasteiger partial charge in [0, 0.05) is 41.8 Å². The molecule has 0 unspecified atom stereocenters. The smallest absolute Gasteiger partial charge is 0.506 e. The second-order valence-corrected chi connectivity index (χ2v) is 17.4. The maximum absolute atomic E-state index is 5.85. The summed E-state index contributed by atoms with van der Waals surface area (Å²) in [7, 11) is -3.47. The Morgan fingerprint density at radius 2 is 1.03 bits per heavy atom. The maximum atomic E-state index is 5.85. The third-order valence-corrected chi connectivity index (χ3v) is 12.4. The first-order valence-corrected chi connectivity index (χ1v) is 17.3. The van der Waals surface area contributed by atoms with Gasteiger partial charge in [0.05, 0.1) is 6.67 Å². The van der Waals surface area contributed by atoms with Gasteiger partial charge in [-0.05, 0) is 25.7 Å². The summed E-state index contributed by atoms with van der Waals surface area (Å²) in [6.07, 6.45) is 14.8. The second kappa shape index (κ2) is 13.0. The third kappa shape index (κ3) is 9.53. The van der Waals surface area contributed by atoms with Gasteiger partial charge in [-0.2, -0.15) is 0 Å². The SMILES string of the molecule is C1CCC(N2CCN(C3CCCCC3)C2)CC1.C=[C-][Si](C)(C)O[Si](C)(C)[C-]=C.[Ni+2]. The predicted octanol–water partition coefficient (Wildman–Crippen LogP) is 5.69. The van der Waals surface area contributed by atoms with E-state index in [-0.39, 0.29) is 16.5 Å². The average molecular weight is 479 g/mol. The number of hydrogen-bond acceptors (Lipinski definition) is 3. The zero-order valence-electron chi connectivity index (χ0n) is 19.4. The first-order chi connectivity index (χ1) is 13.3. The second-order valence-electron chi connectivity index (χ2n) is 9.83. The van der Waals surface area contributed by atoms with Crippen LogP contribution in [0.2, 0.25) is 26.2 Å². The van der Waals surface area contributed by atoms with Crippen LogP contribution in [0.3, 0.4) is 0 Å². The quantitative estimate of drug-likeness (QED) is 0.359. The molecule has 3 rings (SSSR count). The summed E-state index contributed by atoms with van der Waals surface area (Å²) in [6.45, 7) is 19.6. The van der Waals surface area contributed by atoms with Crippen LogP contribution in [0.25, 0.3) is 0 Å². The van der Waals surface area contributed by atoms with Crippen molar-refractivity contribution in [1.82, 2.24) is 9.80 Å². The van der Waals surface area contributed by atoms with Crippen molar-refractivity contribution in [1.29, 1.82) is 0 Å². The van der Waals surface area contributed by atoms with Crippen LogP contribution < -0.4 is 0 Å². The summed E-state index contributed by atoms with van der Waals surface area (Å²) in [5.41, 5.74) is 5.93. The van der Waals surface area contributed by atoms with Crippen molar-refractivity contribution < 1.29 is 20.6 Å². The molecule has 0 aromatic rings. The van der Waals surface area contributed by atoms with Crippen molar-refractivity contribution in [3.8, 4) is 0 Å². The van der Waals surface area contributed by atoms with E-state index >= 15 is 0 Å². The van der Waals surface area contributed by atoms with Gasteiger partial charge < -0.3 is 15.5 Å². The van der Waals surface area contributed by atoms with Crippen molar-refractivity contribution in [2.45, 2.75) is 102 Å². The van der Waals surface area contributed by atoms with E-state index in [9.17, 15) is 0 Å². The molecule has 0 amide bonds. The molecule has 1 aliphatic heterocycles. The van der Waals surface area contributed by atoms with Gasteiger partial charge in [-0.15, -0.1) is 0 Å². The van der Waals surface area contributed by atoms with Crippen LogP contribution in [0.4, 0.5) is 0 Å². The zero-order chi connectivity index (χ0) is 20.6. The monoisotopic (exact) mass is 478 g/mol. The molecule has 170 valence electrons. The van der Waals surface area contributed by atoms with E-state index in [4.69, 9.17) is 4.12 Å². The van der Waals surface area contributed by atoms with E-state index in [2.05, 4.69) is 60.5 Å². The topological polar surface area (TPSA) is 15.7 Å². The van der Waals surface area contributed by atoms with E-state index in [0.717, 1.165) is 12.1 Å². The Labute approximate surface area is 193 Å². The summed E-state index contributed by atoms with van der Waals surface area (Å²) in [4.78, 5) is 5.57. The fraction of sp³-hybridized carbons (Fsp3) is 0.826. The Bertz CT molecular complexity index is 447. The molecule has 0 N–H and O–H groups in total. The number of nitrogens with zero attached hydrogens (tertiary/aromatic N) is 2. The minimum atomic E-state index is -1.74. The van der Waals surface area contributed by atoms with Crippen LogP contribution in [0.1, 0.15) is 64.2 Å². The fourth-order valence-electron chi connectivity index (χ4n) is 4.83. The molecule has 3 aliphatic rings. The van der Waals surface area contributed by atoms with Gasteiger partial charge in [0.25, 0.3) is 0 Å². The molecular weight excluding hydrogens is 435 g/mol. The summed E-state index contributed by atoms with van der Waals surface area (Å²) < 4.78 is 5.85. The molecule has 1 heterocycles. The van der Waals surface area contributed by atoms with Crippen LogP contribution in [0.15, 0.2) is 13.2 Å². The van der Waals surface area contributed by atoms with Crippen LogP contribution >= 0.6 is 0 Å². The average Bonchev–Trinajstić information content (AvgIpc) is 3.19. The van der Waals surface area contributed by atoms with Gasteiger partial charge in [-0.25, -0.2) is 0 Å². The molecule has 2 saturated carbocycles. The van der Waals surface area contributed by atoms with Crippen molar-refractivity contribution in [2.24, 2.45) is 0 Å². The Kier molecular flexibility index (Phi) is 12.2. The fourth-order valence-corrected chi connectivity index (χ4v) is 10.5. The van der Waals surface area contributed by atoms with Crippen molar-refractivity contribution in [3.05, 3.63) is 24.6 Å². The third-order valence-electron chi connectivity index (χ3n) is 6.58. The Balaban J connectivity index is 0.000000310. The van der Waals surface area contributed by atoms with Crippen LogP contribution in [-0.2, 0) is 20.6 Å². The molecule has 0 bridgehead atoms. The van der Waals surface area contributed by atoms with Crippen molar-refractivity contribution >= 4 is 16.6 Å². The summed E-state index contributed by atoms with van der Waals surface area (Å²) in [5.74, 6) is 0. The molecule has 6 heteroatoms. The normalized spacial score (nSPS) is 23.0. The van der Waals surface area contributed by atoms with E-state index < -0.39 is 16.6 Å². The maximum Gasteiger partial charge on any atom is 2.00 e. The molecule has 3 fully saturated rings. The Morgan fingerprint density at radius 1 is 0.690 bits per heavy atom. The van der Waals surface area contributed by atoms with Gasteiger partial charge in [-0.1, -0.05) is 64.7 Å². The van der Waals surface area contributed by atoms with Gasteiger partial charge in [0.2, 0.25) is 0 Å². The standard InChI is InChI=1S/C15H28N2.C8H16OSi2.Ni/c1-3-7-14(8-4-1)16-11-12-17(13-16)15-9-5-2-6-10-15;1-7-10(3,4)9-11(5,6)8-2;/h14-15H,1-13H2;1-2H2,3-6H3;/q;-2;+2. The van der Waals surface area contributed by atoms with Crippen LogP contribution in [0.5, 0.6) is 0 Å². The molecule has 0 aromatic carbocycles. The summed E-state index contributed by atoms with van der Waals surface area (Å²) in [6, 6.07) is 1.86. The molecule has 0 aromatic heterocycles.